The zero-order chi connectivity index (χ0) is 28.7. The van der Waals surface area contributed by atoms with E-state index >= 15 is 0 Å². The van der Waals surface area contributed by atoms with Crippen molar-refractivity contribution in [3.63, 3.8) is 0 Å². The second kappa shape index (κ2) is 13.1. The monoisotopic (exact) mass is 575 g/mol. The molecule has 2 heterocycles. The second-order valence-electron chi connectivity index (χ2n) is 8.53. The van der Waals surface area contributed by atoms with Crippen LogP contribution in [-0.2, 0) is 24.4 Å². The van der Waals surface area contributed by atoms with E-state index in [0.29, 0.717) is 36.8 Å². The van der Waals surface area contributed by atoms with Gasteiger partial charge in [0.15, 0.2) is 5.60 Å². The van der Waals surface area contributed by atoms with Gasteiger partial charge in [-0.25, -0.2) is 17.6 Å². The number of carboxylic acid groups (broad SMARTS) is 3. The van der Waals surface area contributed by atoms with Gasteiger partial charge in [-0.05, 0) is 23.8 Å². The summed E-state index contributed by atoms with van der Waals surface area (Å²) in [5.41, 5.74) is -1.38. The standard InChI is InChI=1S/C17H19ClFN3O2S.C6H8O7/c1-25(23,24)22-9-7-21(8-10-22)17(13-3-2-6-20-12-13)15-5-4-14(18)11-16(15)19;7-3(8)1-6(13,5(11)12)2-4(9)10/h2-6,11-12,17H,7-10H2,1H3;13H,1-2H2,(H,7,8)(H,9,10)(H,11,12). The van der Waals surface area contributed by atoms with Gasteiger partial charge in [0.2, 0.25) is 10.0 Å². The molecule has 0 bridgehead atoms. The van der Waals surface area contributed by atoms with E-state index in [1.54, 1.807) is 24.5 Å². The molecule has 3 rings (SSSR count). The van der Waals surface area contributed by atoms with Crippen LogP contribution in [0.1, 0.15) is 30.0 Å². The van der Waals surface area contributed by atoms with Crippen molar-refractivity contribution >= 4 is 39.5 Å². The van der Waals surface area contributed by atoms with Crippen molar-refractivity contribution < 1.29 is 47.6 Å². The van der Waals surface area contributed by atoms with Crippen molar-refractivity contribution in [2.75, 3.05) is 32.4 Å². The normalized spacial score (nSPS) is 15.7. The summed E-state index contributed by atoms with van der Waals surface area (Å²) in [5, 5.41) is 34.2. The molecule has 1 aliphatic heterocycles. The van der Waals surface area contributed by atoms with Crippen molar-refractivity contribution in [2.45, 2.75) is 24.5 Å². The van der Waals surface area contributed by atoms with Crippen LogP contribution in [0, 0.1) is 5.82 Å². The fourth-order valence-corrected chi connectivity index (χ4v) is 4.84. The molecule has 208 valence electrons. The summed E-state index contributed by atoms with van der Waals surface area (Å²) in [4.78, 5) is 36.7. The van der Waals surface area contributed by atoms with Gasteiger partial charge < -0.3 is 20.4 Å². The molecule has 2 aromatic rings. The summed E-state index contributed by atoms with van der Waals surface area (Å²) in [6.45, 7) is 1.78. The lowest BCUT2D eigenvalue weighted by atomic mass is 9.96. The van der Waals surface area contributed by atoms with Crippen molar-refractivity contribution in [1.29, 1.82) is 0 Å². The lowest BCUT2D eigenvalue weighted by molar-refractivity contribution is -0.170. The number of piperazine rings is 1. The molecule has 1 unspecified atom stereocenters. The zero-order valence-corrected chi connectivity index (χ0v) is 21.8. The Bertz CT molecular complexity index is 1240. The predicted molar refractivity (Wildman–Crippen MR) is 133 cm³/mol. The van der Waals surface area contributed by atoms with Crippen molar-refractivity contribution in [2.24, 2.45) is 0 Å². The van der Waals surface area contributed by atoms with Crippen molar-refractivity contribution in [3.05, 3.63) is 64.7 Å². The smallest absolute Gasteiger partial charge is 0.336 e. The minimum absolute atomic E-state index is 0.340. The molecule has 12 nitrogen and oxygen atoms in total. The number of carboxylic acids is 3. The highest BCUT2D eigenvalue weighted by Gasteiger charge is 2.40. The summed E-state index contributed by atoms with van der Waals surface area (Å²) >= 11 is 5.88. The quantitative estimate of drug-likeness (QED) is 0.337. The number of pyridine rings is 1. The molecule has 0 amide bonds. The number of rotatable bonds is 9. The van der Waals surface area contributed by atoms with Gasteiger partial charge in [0, 0.05) is 49.2 Å². The van der Waals surface area contributed by atoms with E-state index in [1.165, 1.54) is 16.6 Å². The number of aliphatic carboxylic acids is 3. The number of halogens is 2. The molecule has 1 aromatic carbocycles. The van der Waals surface area contributed by atoms with E-state index in [-0.39, 0.29) is 11.9 Å². The highest BCUT2D eigenvalue weighted by atomic mass is 35.5. The molecule has 1 aliphatic rings. The SMILES string of the molecule is CS(=O)(=O)N1CCN(C(c2cccnc2)c2ccc(Cl)cc2F)CC1.O=C(O)CC(O)(CC(=O)O)C(=O)O. The van der Waals surface area contributed by atoms with Crippen LogP contribution >= 0.6 is 11.6 Å². The Hall–Kier alpha value is -3.17. The molecule has 0 spiro atoms. The summed E-state index contributed by atoms with van der Waals surface area (Å²) in [5.74, 6) is -5.40. The maximum atomic E-state index is 14.6. The third-order valence-corrected chi connectivity index (χ3v) is 7.19. The molecule has 38 heavy (non-hydrogen) atoms. The molecule has 0 radical (unpaired) electrons. The van der Waals surface area contributed by atoms with Crippen LogP contribution in [0.25, 0.3) is 0 Å². The van der Waals surface area contributed by atoms with E-state index in [9.17, 15) is 27.2 Å². The number of hydrogen-bond donors (Lipinski definition) is 4. The summed E-state index contributed by atoms with van der Waals surface area (Å²) in [6.07, 6.45) is 2.30. The molecule has 15 heteroatoms. The summed E-state index contributed by atoms with van der Waals surface area (Å²) in [6, 6.07) is 8.01. The lowest BCUT2D eigenvalue weighted by Gasteiger charge is -2.38. The van der Waals surface area contributed by atoms with Crippen molar-refractivity contribution in [1.82, 2.24) is 14.2 Å². The number of benzene rings is 1. The Kier molecular flexibility index (Phi) is 10.7. The average Bonchev–Trinajstić information content (AvgIpc) is 2.80. The Labute approximate surface area is 222 Å². The van der Waals surface area contributed by atoms with E-state index in [1.807, 2.05) is 12.1 Å². The zero-order valence-electron chi connectivity index (χ0n) is 20.2. The molecular weight excluding hydrogens is 549 g/mol. The van der Waals surface area contributed by atoms with E-state index < -0.39 is 46.4 Å². The van der Waals surface area contributed by atoms with Gasteiger partial charge in [-0.1, -0.05) is 23.7 Å². The minimum Gasteiger partial charge on any atom is -0.481 e. The molecule has 1 saturated heterocycles. The summed E-state index contributed by atoms with van der Waals surface area (Å²) < 4.78 is 39.5. The maximum absolute atomic E-state index is 14.6. The van der Waals surface area contributed by atoms with E-state index in [2.05, 4.69) is 9.88 Å². The number of aromatic nitrogens is 1. The molecule has 4 N–H and O–H groups in total. The van der Waals surface area contributed by atoms with Crippen LogP contribution in [0.4, 0.5) is 4.39 Å². The number of nitrogens with zero attached hydrogens (tertiary/aromatic N) is 3. The molecular formula is C23H27ClFN3O9S. The Morgan fingerprint density at radius 3 is 2.08 bits per heavy atom. The highest BCUT2D eigenvalue weighted by Crippen LogP contribution is 2.32. The third-order valence-electron chi connectivity index (χ3n) is 5.65. The Morgan fingerprint density at radius 1 is 1.08 bits per heavy atom. The fourth-order valence-electron chi connectivity index (χ4n) is 3.86. The second-order valence-corrected chi connectivity index (χ2v) is 10.9. The van der Waals surface area contributed by atoms with Gasteiger partial charge in [0.25, 0.3) is 0 Å². The first-order valence-electron chi connectivity index (χ1n) is 11.1. The van der Waals surface area contributed by atoms with E-state index in [0.717, 1.165) is 5.56 Å². The van der Waals surface area contributed by atoms with Gasteiger partial charge >= 0.3 is 17.9 Å². The molecule has 0 saturated carbocycles. The van der Waals surface area contributed by atoms with Crippen LogP contribution in [0.2, 0.25) is 5.02 Å². The van der Waals surface area contributed by atoms with Crippen LogP contribution in [0.15, 0.2) is 42.7 Å². The largest absolute Gasteiger partial charge is 0.481 e. The van der Waals surface area contributed by atoms with Crippen LogP contribution in [-0.4, -0.2) is 99.0 Å². The van der Waals surface area contributed by atoms with Gasteiger partial charge in [0.05, 0.1) is 25.1 Å². The molecule has 1 atom stereocenters. The average molecular weight is 576 g/mol. The van der Waals surface area contributed by atoms with Crippen LogP contribution < -0.4 is 0 Å². The lowest BCUT2D eigenvalue weighted by Crippen LogP contribution is -2.49. The fraction of sp³-hybridized carbons (Fsp3) is 0.391. The van der Waals surface area contributed by atoms with Gasteiger partial charge in [0.1, 0.15) is 5.82 Å². The first-order chi connectivity index (χ1) is 17.6. The molecule has 0 aliphatic carbocycles. The van der Waals surface area contributed by atoms with Gasteiger partial charge in [-0.15, -0.1) is 0 Å². The first kappa shape index (κ1) is 31.1. The Morgan fingerprint density at radius 2 is 1.66 bits per heavy atom. The number of carbonyl (C=O) groups is 3. The van der Waals surface area contributed by atoms with E-state index in [4.69, 9.17) is 32.0 Å². The van der Waals surface area contributed by atoms with Crippen molar-refractivity contribution in [3.8, 4) is 0 Å². The number of sulfonamides is 1. The molecule has 1 fully saturated rings. The topological polar surface area (TPSA) is 186 Å². The Balaban J connectivity index is 0.000000332. The minimum atomic E-state index is -3.22. The summed E-state index contributed by atoms with van der Waals surface area (Å²) in [7, 11) is -3.22. The number of aliphatic hydroxyl groups is 1. The maximum Gasteiger partial charge on any atom is 0.336 e. The predicted octanol–water partition coefficient (Wildman–Crippen LogP) is 1.29. The van der Waals surface area contributed by atoms with Gasteiger partial charge in [-0.3, -0.25) is 19.5 Å². The number of hydrogen-bond acceptors (Lipinski definition) is 8. The molecule has 1 aromatic heterocycles. The van der Waals surface area contributed by atoms with Gasteiger partial charge in [-0.2, -0.15) is 4.31 Å². The highest BCUT2D eigenvalue weighted by molar-refractivity contribution is 7.88. The van der Waals surface area contributed by atoms with Crippen LogP contribution in [0.3, 0.4) is 0 Å². The van der Waals surface area contributed by atoms with Crippen LogP contribution in [0.5, 0.6) is 0 Å². The third kappa shape index (κ3) is 8.70. The first-order valence-corrected chi connectivity index (χ1v) is 13.3.